The molecule has 0 bridgehead atoms. The Morgan fingerprint density at radius 3 is 2.73 bits per heavy atom. The molecule has 0 saturated carbocycles. The van der Waals surface area contributed by atoms with Crippen molar-refractivity contribution in [1.82, 2.24) is 4.98 Å². The summed E-state index contributed by atoms with van der Waals surface area (Å²) in [6.07, 6.45) is 3.18. The van der Waals surface area contributed by atoms with Gasteiger partial charge in [0.25, 0.3) is 0 Å². The molecule has 0 aliphatic carbocycles. The summed E-state index contributed by atoms with van der Waals surface area (Å²) < 4.78 is 0. The van der Waals surface area contributed by atoms with E-state index >= 15 is 0 Å². The summed E-state index contributed by atoms with van der Waals surface area (Å²) in [5, 5.41) is 0. The standard InChI is InChI=1S/C7H5NO2.H2O/c9-5-7(10)6-2-1-3-8-4-6;/h1-5H;1H2. The quantitative estimate of drug-likeness (QED) is 0.330. The van der Waals surface area contributed by atoms with Crippen LogP contribution in [0.3, 0.4) is 0 Å². The summed E-state index contributed by atoms with van der Waals surface area (Å²) in [6, 6.07) is 3.15. The fourth-order valence-electron chi connectivity index (χ4n) is 0.577. The third kappa shape index (κ3) is 2.27. The highest BCUT2D eigenvalue weighted by atomic mass is 16.2. The summed E-state index contributed by atoms with van der Waals surface area (Å²) in [4.78, 5) is 24.2. The van der Waals surface area contributed by atoms with Gasteiger partial charge in [-0.1, -0.05) is 0 Å². The first-order valence-corrected chi connectivity index (χ1v) is 2.74. The van der Waals surface area contributed by atoms with Crippen molar-refractivity contribution in [3.63, 3.8) is 0 Å². The van der Waals surface area contributed by atoms with Crippen molar-refractivity contribution < 1.29 is 15.1 Å². The van der Waals surface area contributed by atoms with Crippen LogP contribution in [0.4, 0.5) is 0 Å². The Bertz CT molecular complexity index is 245. The first-order valence-electron chi connectivity index (χ1n) is 2.74. The van der Waals surface area contributed by atoms with Crippen molar-refractivity contribution in [2.75, 3.05) is 0 Å². The van der Waals surface area contributed by atoms with E-state index in [0.717, 1.165) is 0 Å². The zero-order valence-corrected chi connectivity index (χ0v) is 5.65. The second-order valence-electron chi connectivity index (χ2n) is 1.72. The largest absolute Gasteiger partial charge is 0.412 e. The number of Topliss-reactive ketones (excluding diaryl/α,β-unsaturated/α-hetero) is 1. The van der Waals surface area contributed by atoms with Crippen LogP contribution < -0.4 is 0 Å². The van der Waals surface area contributed by atoms with Crippen LogP contribution in [0.5, 0.6) is 0 Å². The molecule has 0 amide bonds. The van der Waals surface area contributed by atoms with Gasteiger partial charge < -0.3 is 5.48 Å². The van der Waals surface area contributed by atoms with Crippen molar-refractivity contribution >= 4 is 12.1 Å². The van der Waals surface area contributed by atoms with Crippen molar-refractivity contribution in [3.8, 4) is 0 Å². The average Bonchev–Trinajstić information content (AvgIpc) is 2.05. The average molecular weight is 153 g/mol. The predicted octanol–water partition coefficient (Wildman–Crippen LogP) is -0.361. The maximum Gasteiger partial charge on any atom is 0.226 e. The van der Waals surface area contributed by atoms with Crippen molar-refractivity contribution in [1.29, 1.82) is 0 Å². The third-order valence-electron chi connectivity index (χ3n) is 1.05. The molecule has 0 radical (unpaired) electrons. The Morgan fingerprint density at radius 2 is 2.27 bits per heavy atom. The second-order valence-corrected chi connectivity index (χ2v) is 1.72. The molecule has 0 fully saturated rings. The normalized spacial score (nSPS) is 8.00. The number of aromatic nitrogens is 1. The molecule has 4 nitrogen and oxygen atoms in total. The van der Waals surface area contributed by atoms with Crippen molar-refractivity contribution in [2.45, 2.75) is 0 Å². The summed E-state index contributed by atoms with van der Waals surface area (Å²) in [5.41, 5.74) is 0.331. The smallest absolute Gasteiger partial charge is 0.226 e. The zero-order valence-electron chi connectivity index (χ0n) is 5.65. The SMILES string of the molecule is O.O=CC(=O)c1cccnc1. The molecule has 0 aliphatic heterocycles. The fraction of sp³-hybridized carbons (Fsp3) is 0. The van der Waals surface area contributed by atoms with Crippen LogP contribution >= 0.6 is 0 Å². The van der Waals surface area contributed by atoms with E-state index in [2.05, 4.69) is 4.98 Å². The molecule has 58 valence electrons. The van der Waals surface area contributed by atoms with Gasteiger partial charge in [-0.25, -0.2) is 0 Å². The molecule has 0 spiro atoms. The third-order valence-corrected chi connectivity index (χ3v) is 1.05. The first-order chi connectivity index (χ1) is 4.84. The summed E-state index contributed by atoms with van der Waals surface area (Å²) in [5.74, 6) is -0.534. The van der Waals surface area contributed by atoms with Gasteiger partial charge in [-0.15, -0.1) is 0 Å². The molecule has 0 aliphatic rings. The Hall–Kier alpha value is -1.55. The first kappa shape index (κ1) is 9.45. The Balaban J connectivity index is 0.000001000. The zero-order chi connectivity index (χ0) is 7.40. The molecule has 1 aromatic heterocycles. The number of hydrogen-bond acceptors (Lipinski definition) is 3. The number of hydrogen-bond donors (Lipinski definition) is 0. The van der Waals surface area contributed by atoms with E-state index in [-0.39, 0.29) is 11.8 Å². The molecule has 0 unspecified atom stereocenters. The minimum Gasteiger partial charge on any atom is -0.412 e. The Morgan fingerprint density at radius 1 is 1.55 bits per heavy atom. The van der Waals surface area contributed by atoms with Gasteiger partial charge in [-0.2, -0.15) is 0 Å². The minimum atomic E-state index is -0.534. The number of rotatable bonds is 2. The minimum absolute atomic E-state index is 0. The molecule has 0 aromatic carbocycles. The highest BCUT2D eigenvalue weighted by Crippen LogP contribution is 1.93. The maximum absolute atomic E-state index is 10.6. The van der Waals surface area contributed by atoms with Gasteiger partial charge in [0.15, 0.2) is 6.29 Å². The Kier molecular flexibility index (Phi) is 3.69. The van der Waals surface area contributed by atoms with Gasteiger partial charge in [0.2, 0.25) is 5.78 Å². The molecule has 4 heteroatoms. The summed E-state index contributed by atoms with van der Waals surface area (Å²) >= 11 is 0. The van der Waals surface area contributed by atoms with Crippen LogP contribution in [0.25, 0.3) is 0 Å². The molecule has 1 aromatic rings. The van der Waals surface area contributed by atoms with E-state index in [4.69, 9.17) is 0 Å². The molecule has 11 heavy (non-hydrogen) atoms. The Labute approximate surface area is 63.2 Å². The van der Waals surface area contributed by atoms with Crippen LogP contribution in [0.15, 0.2) is 24.5 Å². The predicted molar refractivity (Wildman–Crippen MR) is 38.2 cm³/mol. The molecular formula is C7H7NO3. The van der Waals surface area contributed by atoms with Crippen molar-refractivity contribution in [2.24, 2.45) is 0 Å². The van der Waals surface area contributed by atoms with Gasteiger partial charge >= 0.3 is 0 Å². The molecule has 1 heterocycles. The van der Waals surface area contributed by atoms with E-state index in [0.29, 0.717) is 5.56 Å². The van der Waals surface area contributed by atoms with Crippen LogP contribution in [0.2, 0.25) is 0 Å². The molecule has 0 atom stereocenters. The van der Waals surface area contributed by atoms with Crippen LogP contribution in [-0.2, 0) is 4.79 Å². The van der Waals surface area contributed by atoms with Gasteiger partial charge in [-0.3, -0.25) is 14.6 Å². The number of pyridine rings is 1. The fourth-order valence-corrected chi connectivity index (χ4v) is 0.577. The number of carbonyl (C=O) groups excluding carboxylic acids is 2. The molecule has 1 rings (SSSR count). The van der Waals surface area contributed by atoms with E-state index in [1.165, 1.54) is 6.20 Å². The van der Waals surface area contributed by atoms with E-state index in [9.17, 15) is 9.59 Å². The van der Waals surface area contributed by atoms with Gasteiger partial charge in [-0.05, 0) is 12.1 Å². The second kappa shape index (κ2) is 4.29. The summed E-state index contributed by atoms with van der Waals surface area (Å²) in [6.45, 7) is 0. The van der Waals surface area contributed by atoms with E-state index < -0.39 is 5.78 Å². The molecular weight excluding hydrogens is 146 g/mol. The topological polar surface area (TPSA) is 78.5 Å². The molecule has 2 N–H and O–H groups in total. The number of nitrogens with zero attached hydrogens (tertiary/aromatic N) is 1. The van der Waals surface area contributed by atoms with Gasteiger partial charge in [0, 0.05) is 18.0 Å². The lowest BCUT2D eigenvalue weighted by atomic mass is 10.2. The molecule has 0 saturated heterocycles. The van der Waals surface area contributed by atoms with E-state index in [1.807, 2.05) is 0 Å². The lowest BCUT2D eigenvalue weighted by molar-refractivity contribution is -0.104. The van der Waals surface area contributed by atoms with Crippen LogP contribution in [0, 0.1) is 0 Å². The van der Waals surface area contributed by atoms with Crippen LogP contribution in [0.1, 0.15) is 10.4 Å². The highest BCUT2D eigenvalue weighted by Gasteiger charge is 2.00. The van der Waals surface area contributed by atoms with E-state index in [1.54, 1.807) is 18.3 Å². The lowest BCUT2D eigenvalue weighted by Gasteiger charge is -1.87. The monoisotopic (exact) mass is 153 g/mol. The van der Waals surface area contributed by atoms with Crippen LogP contribution in [-0.4, -0.2) is 22.5 Å². The van der Waals surface area contributed by atoms with Gasteiger partial charge in [0.1, 0.15) is 0 Å². The van der Waals surface area contributed by atoms with Crippen molar-refractivity contribution in [3.05, 3.63) is 30.1 Å². The lowest BCUT2D eigenvalue weighted by Crippen LogP contribution is -1.99. The van der Waals surface area contributed by atoms with Gasteiger partial charge in [0.05, 0.1) is 0 Å². The summed E-state index contributed by atoms with van der Waals surface area (Å²) in [7, 11) is 0. The number of ketones is 1. The maximum atomic E-state index is 10.6. The highest BCUT2D eigenvalue weighted by molar-refractivity contribution is 6.33. The number of carbonyl (C=O) groups is 2. The number of aldehydes is 1.